The van der Waals surface area contributed by atoms with E-state index in [-0.39, 0.29) is 5.91 Å². The van der Waals surface area contributed by atoms with Crippen LogP contribution in [-0.2, 0) is 4.79 Å². The van der Waals surface area contributed by atoms with Crippen LogP contribution >= 0.6 is 0 Å². The molecule has 2 N–H and O–H groups in total. The first-order valence-electron chi connectivity index (χ1n) is 8.02. The molecule has 0 saturated carbocycles. The lowest BCUT2D eigenvalue weighted by Gasteiger charge is -2.27. The third kappa shape index (κ3) is 9.00. The van der Waals surface area contributed by atoms with Crippen LogP contribution in [0.4, 0.5) is 0 Å². The molecule has 1 aliphatic rings. The number of nitrogens with zero attached hydrogens (tertiary/aromatic N) is 1. The van der Waals surface area contributed by atoms with Gasteiger partial charge in [0.2, 0.25) is 5.91 Å². The van der Waals surface area contributed by atoms with E-state index in [1.165, 1.54) is 38.9 Å². The zero-order valence-electron chi connectivity index (χ0n) is 12.5. The maximum atomic E-state index is 11.5. The smallest absolute Gasteiger partial charge is 0.219 e. The summed E-state index contributed by atoms with van der Waals surface area (Å²) in [4.78, 5) is 14.0. The first kappa shape index (κ1) is 16.4. The van der Waals surface area contributed by atoms with Gasteiger partial charge in [-0.1, -0.05) is 26.2 Å². The molecule has 0 aromatic rings. The minimum atomic E-state index is 0.232. The number of unbranched alkanes of at least 4 members (excludes halogenated alkanes) is 4. The molecule has 1 heterocycles. The summed E-state index contributed by atoms with van der Waals surface area (Å²) in [6.07, 6.45) is 7.67. The topological polar surface area (TPSA) is 44.4 Å². The lowest BCUT2D eigenvalue weighted by atomic mass is 10.2. The SMILES string of the molecule is CCCCCC(=O)NCCCCCN1CCNCC1. The number of piperazine rings is 1. The van der Waals surface area contributed by atoms with Gasteiger partial charge in [0.25, 0.3) is 0 Å². The first-order chi connectivity index (χ1) is 9.33. The molecule has 0 spiro atoms. The van der Waals surface area contributed by atoms with Crippen LogP contribution in [0.5, 0.6) is 0 Å². The van der Waals surface area contributed by atoms with Crippen LogP contribution in [0.3, 0.4) is 0 Å². The second-order valence-electron chi connectivity index (χ2n) is 5.46. The molecule has 4 nitrogen and oxygen atoms in total. The van der Waals surface area contributed by atoms with Crippen molar-refractivity contribution in [3.63, 3.8) is 0 Å². The Morgan fingerprint density at radius 2 is 1.89 bits per heavy atom. The molecule has 0 atom stereocenters. The van der Waals surface area contributed by atoms with Gasteiger partial charge in [-0.25, -0.2) is 0 Å². The van der Waals surface area contributed by atoms with Crippen LogP contribution < -0.4 is 10.6 Å². The van der Waals surface area contributed by atoms with Crippen LogP contribution in [0.25, 0.3) is 0 Å². The standard InChI is InChI=1S/C15H31N3O/c1-2-3-5-8-15(19)17-9-6-4-7-12-18-13-10-16-11-14-18/h16H,2-14H2,1H3,(H,17,19). The summed E-state index contributed by atoms with van der Waals surface area (Å²) in [5.74, 6) is 0.232. The van der Waals surface area contributed by atoms with Crippen molar-refractivity contribution in [1.82, 2.24) is 15.5 Å². The molecule has 0 unspecified atom stereocenters. The van der Waals surface area contributed by atoms with Gasteiger partial charge in [0.1, 0.15) is 0 Å². The second kappa shape index (κ2) is 11.2. The number of hydrogen-bond acceptors (Lipinski definition) is 3. The van der Waals surface area contributed by atoms with Crippen LogP contribution in [0.2, 0.25) is 0 Å². The Hall–Kier alpha value is -0.610. The molecule has 0 aliphatic carbocycles. The van der Waals surface area contributed by atoms with E-state index < -0.39 is 0 Å². The molecule has 19 heavy (non-hydrogen) atoms. The fraction of sp³-hybridized carbons (Fsp3) is 0.933. The quantitative estimate of drug-likeness (QED) is 0.594. The normalized spacial score (nSPS) is 16.5. The van der Waals surface area contributed by atoms with Gasteiger partial charge >= 0.3 is 0 Å². The number of carbonyl (C=O) groups excluding carboxylic acids is 1. The van der Waals surface area contributed by atoms with Crippen molar-refractivity contribution in [3.05, 3.63) is 0 Å². The highest BCUT2D eigenvalue weighted by atomic mass is 16.1. The van der Waals surface area contributed by atoms with Crippen LogP contribution in [-0.4, -0.2) is 50.1 Å². The van der Waals surface area contributed by atoms with Crippen molar-refractivity contribution in [2.45, 2.75) is 51.9 Å². The van der Waals surface area contributed by atoms with E-state index in [0.717, 1.165) is 38.9 Å². The van der Waals surface area contributed by atoms with E-state index in [9.17, 15) is 4.79 Å². The zero-order chi connectivity index (χ0) is 13.8. The monoisotopic (exact) mass is 269 g/mol. The van der Waals surface area contributed by atoms with Gasteiger partial charge in [0.15, 0.2) is 0 Å². The van der Waals surface area contributed by atoms with Crippen molar-refractivity contribution < 1.29 is 4.79 Å². The molecule has 112 valence electrons. The molecule has 0 aromatic carbocycles. The summed E-state index contributed by atoms with van der Waals surface area (Å²) in [5, 5.41) is 6.39. The molecule has 1 amide bonds. The van der Waals surface area contributed by atoms with Gasteiger partial charge in [-0.05, 0) is 25.8 Å². The molecular formula is C15H31N3O. The summed E-state index contributed by atoms with van der Waals surface area (Å²) in [7, 11) is 0. The lowest BCUT2D eigenvalue weighted by molar-refractivity contribution is -0.121. The zero-order valence-corrected chi connectivity index (χ0v) is 12.5. The van der Waals surface area contributed by atoms with Gasteiger partial charge in [-0.2, -0.15) is 0 Å². The Kier molecular flexibility index (Phi) is 9.72. The molecule has 0 aromatic heterocycles. The Morgan fingerprint density at radius 3 is 2.63 bits per heavy atom. The molecule has 1 saturated heterocycles. The van der Waals surface area contributed by atoms with E-state index >= 15 is 0 Å². The van der Waals surface area contributed by atoms with Gasteiger partial charge in [-0.3, -0.25) is 4.79 Å². The lowest BCUT2D eigenvalue weighted by Crippen LogP contribution is -2.43. The molecule has 1 fully saturated rings. The summed E-state index contributed by atoms with van der Waals surface area (Å²) < 4.78 is 0. The van der Waals surface area contributed by atoms with Gasteiger partial charge in [0, 0.05) is 39.1 Å². The maximum Gasteiger partial charge on any atom is 0.219 e. The number of carbonyl (C=O) groups is 1. The highest BCUT2D eigenvalue weighted by Gasteiger charge is 2.08. The van der Waals surface area contributed by atoms with Crippen molar-refractivity contribution in [3.8, 4) is 0 Å². The highest BCUT2D eigenvalue weighted by Crippen LogP contribution is 2.01. The van der Waals surface area contributed by atoms with Crippen molar-refractivity contribution >= 4 is 5.91 Å². The summed E-state index contributed by atoms with van der Waals surface area (Å²) in [6.45, 7) is 8.87. The van der Waals surface area contributed by atoms with E-state index in [0.29, 0.717) is 6.42 Å². The fourth-order valence-corrected chi connectivity index (χ4v) is 2.42. The predicted molar refractivity (Wildman–Crippen MR) is 80.3 cm³/mol. The maximum absolute atomic E-state index is 11.5. The van der Waals surface area contributed by atoms with Crippen LogP contribution in [0, 0.1) is 0 Å². The van der Waals surface area contributed by atoms with Gasteiger partial charge in [0.05, 0.1) is 0 Å². The summed E-state index contributed by atoms with van der Waals surface area (Å²) in [5.41, 5.74) is 0. The first-order valence-corrected chi connectivity index (χ1v) is 8.02. The van der Waals surface area contributed by atoms with E-state index in [1.807, 2.05) is 0 Å². The van der Waals surface area contributed by atoms with Crippen LogP contribution in [0.1, 0.15) is 51.9 Å². The highest BCUT2D eigenvalue weighted by molar-refractivity contribution is 5.75. The Balaban J connectivity index is 1.83. The number of amides is 1. The molecular weight excluding hydrogens is 238 g/mol. The minimum Gasteiger partial charge on any atom is -0.356 e. The van der Waals surface area contributed by atoms with Crippen molar-refractivity contribution in [2.75, 3.05) is 39.3 Å². The average molecular weight is 269 g/mol. The number of nitrogens with one attached hydrogen (secondary N) is 2. The summed E-state index contributed by atoms with van der Waals surface area (Å²) in [6, 6.07) is 0. The molecule has 1 aliphatic heterocycles. The minimum absolute atomic E-state index is 0.232. The van der Waals surface area contributed by atoms with Crippen molar-refractivity contribution in [1.29, 1.82) is 0 Å². The fourth-order valence-electron chi connectivity index (χ4n) is 2.42. The van der Waals surface area contributed by atoms with Gasteiger partial charge in [-0.15, -0.1) is 0 Å². The Bertz CT molecular complexity index is 227. The predicted octanol–water partition coefficient (Wildman–Crippen LogP) is 1.76. The van der Waals surface area contributed by atoms with Gasteiger partial charge < -0.3 is 15.5 Å². The molecule has 0 radical (unpaired) electrons. The molecule has 1 rings (SSSR count). The van der Waals surface area contributed by atoms with Crippen molar-refractivity contribution in [2.24, 2.45) is 0 Å². The van der Waals surface area contributed by atoms with E-state index in [1.54, 1.807) is 0 Å². The number of hydrogen-bond donors (Lipinski definition) is 2. The van der Waals surface area contributed by atoms with Crippen LogP contribution in [0.15, 0.2) is 0 Å². The number of rotatable bonds is 10. The average Bonchev–Trinajstić information content (AvgIpc) is 2.44. The van der Waals surface area contributed by atoms with E-state index in [2.05, 4.69) is 22.5 Å². The van der Waals surface area contributed by atoms with E-state index in [4.69, 9.17) is 0 Å². The summed E-state index contributed by atoms with van der Waals surface area (Å²) >= 11 is 0. The molecule has 4 heteroatoms. The third-order valence-electron chi connectivity index (χ3n) is 3.69. The second-order valence-corrected chi connectivity index (χ2v) is 5.46. The molecule has 0 bridgehead atoms. The largest absolute Gasteiger partial charge is 0.356 e. The third-order valence-corrected chi connectivity index (χ3v) is 3.69. The Morgan fingerprint density at radius 1 is 1.11 bits per heavy atom. The Labute approximate surface area is 118 Å².